The van der Waals surface area contributed by atoms with Gasteiger partial charge in [-0.3, -0.25) is 4.90 Å². The topological polar surface area (TPSA) is 12.5 Å². The van der Waals surface area contributed by atoms with Gasteiger partial charge in [-0.1, -0.05) is 26.7 Å². The van der Waals surface area contributed by atoms with E-state index in [-0.39, 0.29) is 0 Å². The standard InChI is InChI=1S/C13H26NO/c1-3-5-10-14(11-6-4-2)13-9-7-8-12-15-13/h3-12H2,1-2H3. The van der Waals surface area contributed by atoms with Crippen LogP contribution in [0.25, 0.3) is 0 Å². The molecule has 1 fully saturated rings. The molecule has 0 atom stereocenters. The quantitative estimate of drug-likeness (QED) is 0.639. The van der Waals surface area contributed by atoms with Crippen LogP contribution in [-0.2, 0) is 4.74 Å². The molecule has 15 heavy (non-hydrogen) atoms. The molecule has 0 aliphatic carbocycles. The molecule has 0 bridgehead atoms. The average Bonchev–Trinajstić information content (AvgIpc) is 2.30. The number of nitrogens with zero attached hydrogens (tertiary/aromatic N) is 1. The molecule has 0 amide bonds. The van der Waals surface area contributed by atoms with Gasteiger partial charge in [0.2, 0.25) is 0 Å². The van der Waals surface area contributed by atoms with Crippen LogP contribution < -0.4 is 0 Å². The van der Waals surface area contributed by atoms with E-state index in [0.717, 1.165) is 13.0 Å². The molecule has 0 aromatic rings. The lowest BCUT2D eigenvalue weighted by molar-refractivity contribution is 0.00255. The van der Waals surface area contributed by atoms with Crippen LogP contribution in [0.15, 0.2) is 0 Å². The molecular weight excluding hydrogens is 186 g/mol. The number of unbranched alkanes of at least 4 members (excludes halogenated alkanes) is 2. The number of ether oxygens (including phenoxy) is 1. The molecule has 0 N–H and O–H groups in total. The fraction of sp³-hybridized carbons (Fsp3) is 0.923. The van der Waals surface area contributed by atoms with Crippen molar-refractivity contribution in [3.8, 4) is 0 Å². The Hall–Kier alpha value is -0.0800. The van der Waals surface area contributed by atoms with Crippen molar-refractivity contribution >= 4 is 0 Å². The second-order valence-electron chi connectivity index (χ2n) is 4.39. The molecule has 89 valence electrons. The Bertz CT molecular complexity index is 135. The number of rotatable bonds is 7. The lowest BCUT2D eigenvalue weighted by atomic mass is 10.1. The van der Waals surface area contributed by atoms with Crippen molar-refractivity contribution in [2.24, 2.45) is 0 Å². The highest BCUT2D eigenvalue weighted by molar-refractivity contribution is 4.82. The summed E-state index contributed by atoms with van der Waals surface area (Å²) in [5.41, 5.74) is 0. The van der Waals surface area contributed by atoms with Crippen molar-refractivity contribution in [1.82, 2.24) is 4.90 Å². The van der Waals surface area contributed by atoms with Crippen LogP contribution in [0, 0.1) is 6.23 Å². The maximum absolute atomic E-state index is 5.78. The van der Waals surface area contributed by atoms with Gasteiger partial charge in [-0.05, 0) is 32.1 Å². The molecule has 0 saturated carbocycles. The Labute approximate surface area is 95.0 Å². The van der Waals surface area contributed by atoms with E-state index in [2.05, 4.69) is 18.7 Å². The fourth-order valence-electron chi connectivity index (χ4n) is 1.95. The summed E-state index contributed by atoms with van der Waals surface area (Å²) in [5.74, 6) is 0. The van der Waals surface area contributed by atoms with Crippen LogP contribution >= 0.6 is 0 Å². The summed E-state index contributed by atoms with van der Waals surface area (Å²) in [6.07, 6.45) is 10.1. The first-order valence-electron chi connectivity index (χ1n) is 6.62. The highest BCUT2D eigenvalue weighted by Crippen LogP contribution is 2.24. The van der Waals surface area contributed by atoms with Gasteiger partial charge in [0, 0.05) is 19.7 Å². The Morgan fingerprint density at radius 2 is 1.73 bits per heavy atom. The first-order chi connectivity index (χ1) is 7.38. The molecular formula is C13H26NO. The molecule has 2 heteroatoms. The zero-order valence-electron chi connectivity index (χ0n) is 10.4. The van der Waals surface area contributed by atoms with Gasteiger partial charge in [0.25, 0.3) is 0 Å². The van der Waals surface area contributed by atoms with E-state index in [1.807, 2.05) is 0 Å². The third-order valence-corrected chi connectivity index (χ3v) is 2.97. The Morgan fingerprint density at radius 3 is 2.20 bits per heavy atom. The lowest BCUT2D eigenvalue weighted by Crippen LogP contribution is -2.34. The van der Waals surface area contributed by atoms with Crippen LogP contribution in [0.5, 0.6) is 0 Å². The molecule has 0 unspecified atom stereocenters. The van der Waals surface area contributed by atoms with Crippen molar-refractivity contribution in [2.75, 3.05) is 19.7 Å². The normalized spacial score (nSPS) is 18.6. The van der Waals surface area contributed by atoms with Gasteiger partial charge in [-0.2, -0.15) is 0 Å². The van der Waals surface area contributed by atoms with Gasteiger partial charge in [0.15, 0.2) is 6.23 Å². The van der Waals surface area contributed by atoms with E-state index in [4.69, 9.17) is 4.74 Å². The smallest absolute Gasteiger partial charge is 0.164 e. The molecule has 0 spiro atoms. The van der Waals surface area contributed by atoms with Crippen LogP contribution in [-0.4, -0.2) is 24.6 Å². The van der Waals surface area contributed by atoms with E-state index in [0.29, 0.717) is 0 Å². The second-order valence-corrected chi connectivity index (χ2v) is 4.39. The zero-order chi connectivity index (χ0) is 10.9. The molecule has 1 saturated heterocycles. The highest BCUT2D eigenvalue weighted by Gasteiger charge is 2.22. The Kier molecular flexibility index (Phi) is 7.03. The molecule has 1 aliphatic rings. The molecule has 1 heterocycles. The van der Waals surface area contributed by atoms with Crippen molar-refractivity contribution in [3.05, 3.63) is 6.23 Å². The molecule has 2 nitrogen and oxygen atoms in total. The zero-order valence-corrected chi connectivity index (χ0v) is 10.4. The van der Waals surface area contributed by atoms with E-state index in [9.17, 15) is 0 Å². The Morgan fingerprint density at radius 1 is 1.07 bits per heavy atom. The summed E-state index contributed by atoms with van der Waals surface area (Å²) in [4.78, 5) is 2.48. The molecule has 0 aromatic carbocycles. The van der Waals surface area contributed by atoms with E-state index >= 15 is 0 Å². The maximum Gasteiger partial charge on any atom is 0.164 e. The summed E-state index contributed by atoms with van der Waals surface area (Å²) in [7, 11) is 0. The van der Waals surface area contributed by atoms with Gasteiger partial charge in [-0.25, -0.2) is 0 Å². The number of hydrogen-bond acceptors (Lipinski definition) is 2. The number of hydrogen-bond donors (Lipinski definition) is 0. The first kappa shape index (κ1) is 13.0. The molecule has 1 aliphatic heterocycles. The Balaban J connectivity index is 2.30. The third kappa shape index (κ3) is 4.98. The minimum absolute atomic E-state index is 0.935. The van der Waals surface area contributed by atoms with Crippen molar-refractivity contribution in [2.45, 2.75) is 58.8 Å². The van der Waals surface area contributed by atoms with Gasteiger partial charge in [-0.15, -0.1) is 0 Å². The second kappa shape index (κ2) is 8.12. The minimum atomic E-state index is 0.935. The van der Waals surface area contributed by atoms with Crippen molar-refractivity contribution < 1.29 is 4.74 Å². The van der Waals surface area contributed by atoms with Crippen LogP contribution in [0.1, 0.15) is 58.8 Å². The molecule has 1 radical (unpaired) electrons. The largest absolute Gasteiger partial charge is 0.356 e. The summed E-state index contributed by atoms with van der Waals surface area (Å²) >= 11 is 0. The molecule has 1 rings (SSSR count). The van der Waals surface area contributed by atoms with Crippen LogP contribution in [0.3, 0.4) is 0 Å². The minimum Gasteiger partial charge on any atom is -0.356 e. The monoisotopic (exact) mass is 212 g/mol. The average molecular weight is 212 g/mol. The summed E-state index contributed by atoms with van der Waals surface area (Å²) in [6, 6.07) is 0. The van der Waals surface area contributed by atoms with E-state index in [1.54, 1.807) is 0 Å². The molecule has 0 aromatic heterocycles. The first-order valence-corrected chi connectivity index (χ1v) is 6.62. The highest BCUT2D eigenvalue weighted by atomic mass is 16.5. The lowest BCUT2D eigenvalue weighted by Gasteiger charge is -2.32. The summed E-state index contributed by atoms with van der Waals surface area (Å²) in [5, 5.41) is 0. The van der Waals surface area contributed by atoms with Crippen molar-refractivity contribution in [1.29, 1.82) is 0 Å². The van der Waals surface area contributed by atoms with Gasteiger partial charge in [0.1, 0.15) is 0 Å². The van der Waals surface area contributed by atoms with Gasteiger partial charge in [0.05, 0.1) is 0 Å². The maximum atomic E-state index is 5.78. The third-order valence-electron chi connectivity index (χ3n) is 2.97. The summed E-state index contributed by atoms with van der Waals surface area (Å²) < 4.78 is 5.78. The van der Waals surface area contributed by atoms with Gasteiger partial charge < -0.3 is 4.74 Å². The van der Waals surface area contributed by atoms with E-state index < -0.39 is 0 Å². The van der Waals surface area contributed by atoms with Crippen LogP contribution in [0.4, 0.5) is 0 Å². The van der Waals surface area contributed by atoms with E-state index in [1.165, 1.54) is 57.8 Å². The fourth-order valence-corrected chi connectivity index (χ4v) is 1.95. The van der Waals surface area contributed by atoms with Crippen LogP contribution in [0.2, 0.25) is 0 Å². The van der Waals surface area contributed by atoms with Gasteiger partial charge >= 0.3 is 0 Å². The van der Waals surface area contributed by atoms with Crippen molar-refractivity contribution in [3.63, 3.8) is 0 Å². The predicted octanol–water partition coefficient (Wildman–Crippen LogP) is 3.58. The summed E-state index contributed by atoms with van der Waals surface area (Å²) in [6.45, 7) is 7.82. The SMILES string of the molecule is CCCCN(CCCC)[C]1CCCCO1. The predicted molar refractivity (Wildman–Crippen MR) is 64.4 cm³/mol.